The van der Waals surface area contributed by atoms with Crippen LogP contribution in [0, 0.1) is 17.2 Å². The fourth-order valence-corrected chi connectivity index (χ4v) is 6.48. The second kappa shape index (κ2) is 11.8. The Labute approximate surface area is 231 Å². The van der Waals surface area contributed by atoms with E-state index in [1.807, 2.05) is 42.5 Å². The molecule has 0 spiro atoms. The molecule has 6 nitrogen and oxygen atoms in total. The van der Waals surface area contributed by atoms with Crippen LogP contribution in [0.1, 0.15) is 62.3 Å². The maximum Gasteiger partial charge on any atom is 0.213 e. The molecule has 210 valence electrons. The van der Waals surface area contributed by atoms with Gasteiger partial charge in [-0.3, -0.25) is 4.57 Å². The van der Waals surface area contributed by atoms with Gasteiger partial charge in [0.15, 0.2) is 7.37 Å². The molecule has 0 saturated heterocycles. The monoisotopic (exact) mass is 555 g/mol. The van der Waals surface area contributed by atoms with Crippen LogP contribution in [0.4, 0.5) is 4.39 Å². The van der Waals surface area contributed by atoms with E-state index in [0.717, 1.165) is 29.5 Å². The highest BCUT2D eigenvalue weighted by Crippen LogP contribution is 2.51. The molecule has 1 aliphatic rings. The number of hydrogen-bond acceptors (Lipinski definition) is 5. The van der Waals surface area contributed by atoms with Gasteiger partial charge in [-0.25, -0.2) is 9.37 Å². The highest BCUT2D eigenvalue weighted by atomic mass is 31.2. The molecule has 0 aliphatic heterocycles. The van der Waals surface area contributed by atoms with E-state index in [4.69, 9.17) is 14.2 Å². The van der Waals surface area contributed by atoms with Crippen molar-refractivity contribution in [3.8, 4) is 22.8 Å². The molecule has 1 aromatic heterocycles. The van der Waals surface area contributed by atoms with Crippen molar-refractivity contribution in [3.63, 3.8) is 0 Å². The standard InChI is InChI=1S/C31H39FNO5P/c1-31(2,3)30(37-5)26-14-20(10-13-24(26)25-16-29(36-4)33-17-28(25)32)18-38-23-9-7-8-22(15-23)27(21-11-12-21)19-39(6,34)35/h7-10,13-17,21,27,30H,11-12,18-19H2,1-6H3,(H,34,35)/t27?,30-/m1/s1. The molecule has 0 radical (unpaired) electrons. The Morgan fingerprint density at radius 3 is 2.46 bits per heavy atom. The lowest BCUT2D eigenvalue weighted by Crippen LogP contribution is -2.21. The van der Waals surface area contributed by atoms with Crippen LogP contribution in [0.2, 0.25) is 0 Å². The summed E-state index contributed by atoms with van der Waals surface area (Å²) in [6.45, 7) is 7.99. The molecule has 8 heteroatoms. The zero-order valence-corrected chi connectivity index (χ0v) is 24.5. The maximum atomic E-state index is 15.0. The molecule has 1 fully saturated rings. The average Bonchev–Trinajstić information content (AvgIpc) is 3.71. The fraction of sp³-hybridized carbons (Fsp3) is 0.452. The smallest absolute Gasteiger partial charge is 0.213 e. The molecule has 0 amide bonds. The Balaban J connectivity index is 1.64. The lowest BCUT2D eigenvalue weighted by atomic mass is 9.81. The summed E-state index contributed by atoms with van der Waals surface area (Å²) in [5.41, 5.74) is 3.65. The summed E-state index contributed by atoms with van der Waals surface area (Å²) in [6.07, 6.45) is 3.32. The predicted octanol–water partition coefficient (Wildman–Crippen LogP) is 7.60. The van der Waals surface area contributed by atoms with E-state index in [2.05, 4.69) is 25.8 Å². The molecule has 2 unspecified atom stereocenters. The van der Waals surface area contributed by atoms with Gasteiger partial charge < -0.3 is 19.1 Å². The van der Waals surface area contributed by atoms with Crippen molar-refractivity contribution >= 4 is 7.37 Å². The van der Waals surface area contributed by atoms with E-state index in [1.54, 1.807) is 13.2 Å². The lowest BCUT2D eigenvalue weighted by molar-refractivity contribution is 0.0155. The minimum absolute atomic E-state index is 0.0572. The SMILES string of the molecule is COc1cc(-c2ccc(COc3cccc(C(CP(C)(=O)O)C4CC4)c3)cc2[C@@H](OC)C(C)(C)C)c(F)cn1. The van der Waals surface area contributed by atoms with Gasteiger partial charge in [0.25, 0.3) is 0 Å². The zero-order valence-electron chi connectivity index (χ0n) is 23.6. The predicted molar refractivity (Wildman–Crippen MR) is 152 cm³/mol. The second-order valence-corrected chi connectivity index (χ2v) is 14.1. The van der Waals surface area contributed by atoms with E-state index in [-0.39, 0.29) is 23.6 Å². The topological polar surface area (TPSA) is 77.9 Å². The third-order valence-corrected chi connectivity index (χ3v) is 8.24. The van der Waals surface area contributed by atoms with Crippen LogP contribution >= 0.6 is 7.37 Å². The van der Waals surface area contributed by atoms with Crippen molar-refractivity contribution in [1.29, 1.82) is 0 Å². The Bertz CT molecular complexity index is 1350. The van der Waals surface area contributed by atoms with E-state index in [1.165, 1.54) is 20.0 Å². The van der Waals surface area contributed by atoms with Gasteiger partial charge in [-0.1, -0.05) is 45.0 Å². The number of rotatable bonds is 11. The molecule has 3 aromatic rings. The summed E-state index contributed by atoms with van der Waals surface area (Å²) >= 11 is 0. The number of nitrogens with zero attached hydrogens (tertiary/aromatic N) is 1. The number of aromatic nitrogens is 1. The minimum Gasteiger partial charge on any atom is -0.489 e. The zero-order chi connectivity index (χ0) is 28.4. The van der Waals surface area contributed by atoms with E-state index in [9.17, 15) is 13.8 Å². The molecule has 1 saturated carbocycles. The molecular formula is C31H39FNO5P. The van der Waals surface area contributed by atoms with E-state index in [0.29, 0.717) is 35.3 Å². The fourth-order valence-electron chi connectivity index (χ4n) is 5.24. The van der Waals surface area contributed by atoms with Gasteiger partial charge in [0, 0.05) is 31.6 Å². The Morgan fingerprint density at radius 2 is 1.85 bits per heavy atom. The number of pyridine rings is 1. The van der Waals surface area contributed by atoms with Crippen molar-refractivity contribution in [2.24, 2.45) is 11.3 Å². The minimum atomic E-state index is -3.14. The summed E-state index contributed by atoms with van der Waals surface area (Å²) in [7, 11) is 0.0256. The third-order valence-electron chi connectivity index (χ3n) is 7.17. The summed E-state index contributed by atoms with van der Waals surface area (Å²) in [5.74, 6) is 1.11. The number of benzene rings is 2. The molecule has 1 N–H and O–H groups in total. The van der Waals surface area contributed by atoms with Crippen molar-refractivity contribution in [2.75, 3.05) is 27.0 Å². The van der Waals surface area contributed by atoms with Crippen LogP contribution in [0.5, 0.6) is 11.6 Å². The van der Waals surface area contributed by atoms with Crippen LogP contribution in [0.25, 0.3) is 11.1 Å². The first-order chi connectivity index (χ1) is 18.4. The lowest BCUT2D eigenvalue weighted by Gasteiger charge is -2.32. The van der Waals surface area contributed by atoms with Gasteiger partial charge in [0.05, 0.1) is 19.4 Å². The van der Waals surface area contributed by atoms with Crippen molar-refractivity contribution in [1.82, 2.24) is 4.98 Å². The third kappa shape index (κ3) is 7.47. The summed E-state index contributed by atoms with van der Waals surface area (Å²) in [5, 5.41) is 0. The van der Waals surface area contributed by atoms with Crippen molar-refractivity contribution < 1.29 is 28.1 Å². The Hall–Kier alpha value is -2.73. The molecule has 2 aromatic carbocycles. The van der Waals surface area contributed by atoms with Gasteiger partial charge in [0.2, 0.25) is 5.88 Å². The highest BCUT2D eigenvalue weighted by Gasteiger charge is 2.35. The first-order valence-corrected chi connectivity index (χ1v) is 15.6. The first kappa shape index (κ1) is 29.3. The van der Waals surface area contributed by atoms with Gasteiger partial charge in [0.1, 0.15) is 18.2 Å². The molecule has 0 bridgehead atoms. The van der Waals surface area contributed by atoms with Crippen LogP contribution in [0.15, 0.2) is 54.7 Å². The summed E-state index contributed by atoms with van der Waals surface area (Å²) in [4.78, 5) is 14.0. The summed E-state index contributed by atoms with van der Waals surface area (Å²) in [6, 6.07) is 15.3. The molecule has 1 aliphatic carbocycles. The average molecular weight is 556 g/mol. The Kier molecular flexibility index (Phi) is 8.85. The van der Waals surface area contributed by atoms with Crippen molar-refractivity contribution in [3.05, 3.63) is 77.2 Å². The molecule has 4 rings (SSSR count). The van der Waals surface area contributed by atoms with E-state index < -0.39 is 13.2 Å². The van der Waals surface area contributed by atoms with Crippen LogP contribution in [0.3, 0.4) is 0 Å². The van der Waals surface area contributed by atoms with Gasteiger partial charge >= 0.3 is 0 Å². The summed E-state index contributed by atoms with van der Waals surface area (Å²) < 4.78 is 44.5. The number of ether oxygens (including phenoxy) is 3. The number of hydrogen-bond donors (Lipinski definition) is 1. The number of halogens is 1. The quantitative estimate of drug-likeness (QED) is 0.246. The van der Waals surface area contributed by atoms with Gasteiger partial charge in [-0.05, 0) is 70.5 Å². The highest BCUT2D eigenvalue weighted by molar-refractivity contribution is 7.57. The van der Waals surface area contributed by atoms with Gasteiger partial charge in [-0.15, -0.1) is 0 Å². The Morgan fingerprint density at radius 1 is 1.10 bits per heavy atom. The largest absolute Gasteiger partial charge is 0.489 e. The van der Waals surface area contributed by atoms with Crippen LogP contribution in [-0.4, -0.2) is 36.9 Å². The van der Waals surface area contributed by atoms with E-state index >= 15 is 0 Å². The molecule has 3 atom stereocenters. The second-order valence-electron chi connectivity index (χ2n) is 11.6. The maximum absolute atomic E-state index is 15.0. The van der Waals surface area contributed by atoms with Crippen molar-refractivity contribution in [2.45, 2.75) is 52.2 Å². The molecular weight excluding hydrogens is 516 g/mol. The van der Waals surface area contributed by atoms with Crippen LogP contribution < -0.4 is 9.47 Å². The van der Waals surface area contributed by atoms with Gasteiger partial charge in [-0.2, -0.15) is 0 Å². The molecule has 1 heterocycles. The van der Waals surface area contributed by atoms with Crippen LogP contribution in [-0.2, 0) is 15.9 Å². The normalized spacial score (nSPS) is 16.8. The number of methoxy groups -OCH3 is 2. The molecule has 39 heavy (non-hydrogen) atoms. The first-order valence-electron chi connectivity index (χ1n) is 13.3.